The molecule has 0 aromatic rings. The minimum atomic E-state index is -1.07. The molecule has 2 rings (SSSR count). The predicted molar refractivity (Wildman–Crippen MR) is 65.7 cm³/mol. The van der Waals surface area contributed by atoms with Crippen LogP contribution < -0.4 is 5.32 Å². The Morgan fingerprint density at radius 2 is 2.00 bits per heavy atom. The van der Waals surface area contributed by atoms with E-state index < -0.39 is 24.1 Å². The van der Waals surface area contributed by atoms with Gasteiger partial charge in [0.2, 0.25) is 0 Å². The van der Waals surface area contributed by atoms with Gasteiger partial charge in [-0.25, -0.2) is 9.59 Å². The number of rotatable bonds is 3. The van der Waals surface area contributed by atoms with Gasteiger partial charge in [0.05, 0.1) is 6.10 Å². The second kappa shape index (κ2) is 6.21. The molecule has 2 saturated heterocycles. The second-order valence-electron chi connectivity index (χ2n) is 5.14. The molecule has 19 heavy (non-hydrogen) atoms. The number of carboxylic acids is 1. The number of aliphatic hydroxyl groups is 1. The molecule has 0 aliphatic carbocycles. The highest BCUT2D eigenvalue weighted by molar-refractivity contribution is 5.83. The molecule has 2 heterocycles. The second-order valence-corrected chi connectivity index (χ2v) is 5.14. The third-order valence-corrected chi connectivity index (χ3v) is 3.71. The SMILES string of the molecule is O=C(O)[C@@H]1C[C@H](O)CN1C(=O)NCC1CCOCC1. The summed E-state index contributed by atoms with van der Waals surface area (Å²) in [7, 11) is 0. The Kier molecular flexibility index (Phi) is 4.60. The lowest BCUT2D eigenvalue weighted by atomic mass is 10.0. The van der Waals surface area contributed by atoms with Gasteiger partial charge >= 0.3 is 12.0 Å². The largest absolute Gasteiger partial charge is 0.480 e. The zero-order valence-electron chi connectivity index (χ0n) is 10.7. The zero-order valence-corrected chi connectivity index (χ0v) is 10.7. The minimum Gasteiger partial charge on any atom is -0.480 e. The van der Waals surface area contributed by atoms with Crippen LogP contribution in [0.5, 0.6) is 0 Å². The third-order valence-electron chi connectivity index (χ3n) is 3.71. The number of carbonyl (C=O) groups is 2. The Morgan fingerprint density at radius 1 is 1.32 bits per heavy atom. The molecular weight excluding hydrogens is 252 g/mol. The van der Waals surface area contributed by atoms with Gasteiger partial charge < -0.3 is 25.2 Å². The van der Waals surface area contributed by atoms with E-state index in [4.69, 9.17) is 9.84 Å². The number of β-amino-alcohol motifs (C(OH)–C–C–N with tert-alkyl or cyclic N) is 1. The van der Waals surface area contributed by atoms with E-state index in [1.165, 1.54) is 4.90 Å². The Balaban J connectivity index is 1.82. The fraction of sp³-hybridized carbons (Fsp3) is 0.833. The topological polar surface area (TPSA) is 99.1 Å². The van der Waals surface area contributed by atoms with Crippen LogP contribution in [0.3, 0.4) is 0 Å². The van der Waals surface area contributed by atoms with E-state index in [9.17, 15) is 14.7 Å². The molecule has 2 atom stereocenters. The summed E-state index contributed by atoms with van der Waals surface area (Å²) in [5.41, 5.74) is 0. The normalized spacial score (nSPS) is 28.4. The summed E-state index contributed by atoms with van der Waals surface area (Å²) in [6, 6.07) is -1.33. The Hall–Kier alpha value is -1.34. The van der Waals surface area contributed by atoms with Crippen LogP contribution in [0.4, 0.5) is 4.79 Å². The Labute approximate surface area is 111 Å². The summed E-state index contributed by atoms with van der Waals surface area (Å²) < 4.78 is 5.23. The molecular formula is C12H20N2O5. The van der Waals surface area contributed by atoms with Crippen molar-refractivity contribution in [2.75, 3.05) is 26.3 Å². The van der Waals surface area contributed by atoms with Crippen molar-refractivity contribution in [2.24, 2.45) is 5.92 Å². The van der Waals surface area contributed by atoms with E-state index in [1.54, 1.807) is 0 Å². The van der Waals surface area contributed by atoms with E-state index in [0.717, 1.165) is 12.8 Å². The first-order valence-electron chi connectivity index (χ1n) is 6.61. The number of amides is 2. The Morgan fingerprint density at radius 3 is 2.63 bits per heavy atom. The number of nitrogens with one attached hydrogen (secondary N) is 1. The number of urea groups is 1. The van der Waals surface area contributed by atoms with Gasteiger partial charge in [-0.15, -0.1) is 0 Å². The maximum atomic E-state index is 12.0. The van der Waals surface area contributed by atoms with Crippen LogP contribution in [0.2, 0.25) is 0 Å². The minimum absolute atomic E-state index is 0.0799. The molecule has 2 fully saturated rings. The molecule has 2 aliphatic heterocycles. The number of aliphatic hydroxyl groups excluding tert-OH is 1. The Bertz CT molecular complexity index is 343. The van der Waals surface area contributed by atoms with Crippen molar-refractivity contribution in [2.45, 2.75) is 31.4 Å². The van der Waals surface area contributed by atoms with Crippen LogP contribution in [-0.4, -0.2) is 65.6 Å². The maximum absolute atomic E-state index is 12.0. The van der Waals surface area contributed by atoms with Gasteiger partial charge in [-0.1, -0.05) is 0 Å². The number of aliphatic carboxylic acids is 1. The molecule has 2 aliphatic rings. The lowest BCUT2D eigenvalue weighted by molar-refractivity contribution is -0.141. The molecule has 2 amide bonds. The van der Waals surface area contributed by atoms with E-state index >= 15 is 0 Å². The van der Waals surface area contributed by atoms with E-state index in [-0.39, 0.29) is 13.0 Å². The van der Waals surface area contributed by atoms with Crippen molar-refractivity contribution in [1.82, 2.24) is 10.2 Å². The fourth-order valence-electron chi connectivity index (χ4n) is 2.56. The summed E-state index contributed by atoms with van der Waals surface area (Å²) in [6.45, 7) is 2.03. The summed E-state index contributed by atoms with van der Waals surface area (Å²) in [4.78, 5) is 24.2. The number of likely N-dealkylation sites (tertiary alicyclic amines) is 1. The molecule has 0 spiro atoms. The van der Waals surface area contributed by atoms with E-state index in [2.05, 4.69) is 5.32 Å². The first-order chi connectivity index (χ1) is 9.08. The van der Waals surface area contributed by atoms with Gasteiger partial charge in [-0.2, -0.15) is 0 Å². The lowest BCUT2D eigenvalue weighted by Gasteiger charge is -2.25. The maximum Gasteiger partial charge on any atom is 0.326 e. The molecule has 0 bridgehead atoms. The van der Waals surface area contributed by atoms with Crippen LogP contribution >= 0.6 is 0 Å². The number of hydrogen-bond acceptors (Lipinski definition) is 4. The monoisotopic (exact) mass is 272 g/mol. The molecule has 0 aromatic carbocycles. The number of carbonyl (C=O) groups excluding carboxylic acids is 1. The number of ether oxygens (including phenoxy) is 1. The fourth-order valence-corrected chi connectivity index (χ4v) is 2.56. The van der Waals surface area contributed by atoms with Crippen LogP contribution in [-0.2, 0) is 9.53 Å². The molecule has 0 aromatic heterocycles. The van der Waals surface area contributed by atoms with Crippen molar-refractivity contribution in [3.05, 3.63) is 0 Å². The van der Waals surface area contributed by atoms with Crippen molar-refractivity contribution in [1.29, 1.82) is 0 Å². The molecule has 0 saturated carbocycles. The number of carboxylic acid groups (broad SMARTS) is 1. The number of hydrogen-bond donors (Lipinski definition) is 3. The first-order valence-corrected chi connectivity index (χ1v) is 6.61. The summed E-state index contributed by atoms with van der Waals surface area (Å²) in [5.74, 6) is -0.689. The van der Waals surface area contributed by atoms with Gasteiger partial charge in [-0.3, -0.25) is 0 Å². The van der Waals surface area contributed by atoms with E-state index in [0.29, 0.717) is 25.7 Å². The highest BCUT2D eigenvalue weighted by atomic mass is 16.5. The van der Waals surface area contributed by atoms with E-state index in [1.807, 2.05) is 0 Å². The van der Waals surface area contributed by atoms with Crippen LogP contribution in [0.15, 0.2) is 0 Å². The predicted octanol–water partition coefficient (Wildman–Crippen LogP) is -0.358. The van der Waals surface area contributed by atoms with Crippen molar-refractivity contribution < 1.29 is 24.5 Å². The van der Waals surface area contributed by atoms with Crippen LogP contribution in [0.1, 0.15) is 19.3 Å². The van der Waals surface area contributed by atoms with Gasteiger partial charge in [0.1, 0.15) is 6.04 Å². The number of nitrogens with zero attached hydrogens (tertiary/aromatic N) is 1. The van der Waals surface area contributed by atoms with Crippen molar-refractivity contribution >= 4 is 12.0 Å². The van der Waals surface area contributed by atoms with Gasteiger partial charge in [-0.05, 0) is 18.8 Å². The lowest BCUT2D eigenvalue weighted by Crippen LogP contribution is -2.47. The highest BCUT2D eigenvalue weighted by Gasteiger charge is 2.39. The highest BCUT2D eigenvalue weighted by Crippen LogP contribution is 2.19. The molecule has 0 radical (unpaired) electrons. The standard InChI is InChI=1S/C12H20N2O5/c15-9-5-10(11(16)17)14(7-9)12(18)13-6-8-1-3-19-4-2-8/h8-10,15H,1-7H2,(H,13,18)(H,16,17)/t9-,10-/m0/s1. The van der Waals surface area contributed by atoms with Crippen LogP contribution in [0, 0.1) is 5.92 Å². The molecule has 7 heteroatoms. The van der Waals surface area contributed by atoms with Gasteiger partial charge in [0, 0.05) is 32.7 Å². The molecule has 7 nitrogen and oxygen atoms in total. The molecule has 108 valence electrons. The average Bonchev–Trinajstić information content (AvgIpc) is 2.79. The first kappa shape index (κ1) is 14.1. The van der Waals surface area contributed by atoms with Crippen molar-refractivity contribution in [3.8, 4) is 0 Å². The quantitative estimate of drug-likeness (QED) is 0.652. The van der Waals surface area contributed by atoms with Gasteiger partial charge in [0.15, 0.2) is 0 Å². The van der Waals surface area contributed by atoms with Crippen molar-refractivity contribution in [3.63, 3.8) is 0 Å². The molecule has 3 N–H and O–H groups in total. The van der Waals surface area contributed by atoms with Gasteiger partial charge in [0.25, 0.3) is 0 Å². The smallest absolute Gasteiger partial charge is 0.326 e. The molecule has 0 unspecified atom stereocenters. The zero-order chi connectivity index (χ0) is 13.8. The average molecular weight is 272 g/mol. The third kappa shape index (κ3) is 3.57. The summed E-state index contributed by atoms with van der Waals surface area (Å²) >= 11 is 0. The summed E-state index contributed by atoms with van der Waals surface area (Å²) in [6.07, 6.45) is 1.16. The summed E-state index contributed by atoms with van der Waals surface area (Å²) in [5, 5.41) is 21.3. The van der Waals surface area contributed by atoms with Crippen LogP contribution in [0.25, 0.3) is 0 Å².